The first-order chi connectivity index (χ1) is 14.5. The summed E-state index contributed by atoms with van der Waals surface area (Å²) in [4.78, 5) is 36.1. The topological polar surface area (TPSA) is 99.1 Å². The van der Waals surface area contributed by atoms with E-state index in [2.05, 4.69) is 21.9 Å². The average molecular weight is 449 g/mol. The lowest BCUT2D eigenvalue weighted by atomic mass is 9.98. The SMILES string of the molecule is CN1CCN(C(=O)C2CC3CN(c4ncc(F)cn4)CC2O3)CC1.O=C(O)C(F)(F)F. The van der Waals surface area contributed by atoms with Gasteiger partial charge in [0.05, 0.1) is 30.5 Å². The largest absolute Gasteiger partial charge is 0.490 e. The molecule has 0 radical (unpaired) electrons. The van der Waals surface area contributed by atoms with Crippen molar-refractivity contribution in [1.29, 1.82) is 0 Å². The van der Waals surface area contributed by atoms with Gasteiger partial charge in [0.25, 0.3) is 0 Å². The van der Waals surface area contributed by atoms with Crippen molar-refractivity contribution in [3.63, 3.8) is 0 Å². The monoisotopic (exact) mass is 449 g/mol. The number of ether oxygens (including phenoxy) is 1. The van der Waals surface area contributed by atoms with Crippen LogP contribution in [0.25, 0.3) is 0 Å². The summed E-state index contributed by atoms with van der Waals surface area (Å²) in [6.07, 6.45) is -2.12. The number of hydrogen-bond acceptors (Lipinski definition) is 7. The molecule has 3 fully saturated rings. The maximum absolute atomic E-state index is 13.0. The number of aromatic nitrogens is 2. The van der Waals surface area contributed by atoms with Crippen LogP contribution in [0.1, 0.15) is 6.42 Å². The first kappa shape index (κ1) is 23.1. The summed E-state index contributed by atoms with van der Waals surface area (Å²) in [6.45, 7) is 4.63. The molecule has 1 amide bonds. The van der Waals surface area contributed by atoms with Crippen LogP contribution in [0, 0.1) is 11.7 Å². The normalized spacial score (nSPS) is 26.3. The van der Waals surface area contributed by atoms with Gasteiger partial charge in [-0.1, -0.05) is 0 Å². The van der Waals surface area contributed by atoms with Crippen LogP contribution in [0.4, 0.5) is 23.5 Å². The second-order valence-corrected chi connectivity index (χ2v) is 7.68. The molecule has 0 aromatic carbocycles. The molecule has 0 spiro atoms. The number of likely N-dealkylation sites (N-methyl/N-ethyl adjacent to an activating group) is 1. The number of carbonyl (C=O) groups is 2. The molecule has 4 rings (SSSR count). The zero-order chi connectivity index (χ0) is 22.8. The summed E-state index contributed by atoms with van der Waals surface area (Å²) in [5.41, 5.74) is 0. The first-order valence-electron chi connectivity index (χ1n) is 9.70. The molecule has 3 unspecified atom stereocenters. The van der Waals surface area contributed by atoms with E-state index in [4.69, 9.17) is 14.6 Å². The number of piperazine rings is 1. The fourth-order valence-corrected chi connectivity index (χ4v) is 3.81. The summed E-state index contributed by atoms with van der Waals surface area (Å²) in [5.74, 6) is -2.59. The van der Waals surface area contributed by atoms with Gasteiger partial charge in [0.2, 0.25) is 11.9 Å². The molecule has 172 valence electrons. The number of carboxylic acid groups (broad SMARTS) is 1. The smallest absolute Gasteiger partial charge is 0.475 e. The molecule has 3 saturated heterocycles. The number of rotatable bonds is 2. The molecule has 0 saturated carbocycles. The van der Waals surface area contributed by atoms with Crippen molar-refractivity contribution in [3.8, 4) is 0 Å². The highest BCUT2D eigenvalue weighted by Gasteiger charge is 2.46. The fraction of sp³-hybridized carbons (Fsp3) is 0.667. The number of nitrogens with zero attached hydrogens (tertiary/aromatic N) is 5. The van der Waals surface area contributed by atoms with Gasteiger partial charge < -0.3 is 24.5 Å². The number of aliphatic carboxylic acids is 1. The van der Waals surface area contributed by atoms with Crippen molar-refractivity contribution in [2.75, 3.05) is 51.2 Å². The van der Waals surface area contributed by atoms with Crippen molar-refractivity contribution in [3.05, 3.63) is 18.2 Å². The zero-order valence-electron chi connectivity index (χ0n) is 16.8. The van der Waals surface area contributed by atoms with Crippen LogP contribution in [0.15, 0.2) is 12.4 Å². The molecule has 3 atom stereocenters. The summed E-state index contributed by atoms with van der Waals surface area (Å²) in [5, 5.41) is 7.12. The lowest BCUT2D eigenvalue weighted by Crippen LogP contribution is -2.51. The molecule has 3 aliphatic heterocycles. The Kier molecular flexibility index (Phi) is 6.94. The molecule has 1 aromatic rings. The van der Waals surface area contributed by atoms with E-state index in [0.717, 1.165) is 32.6 Å². The van der Waals surface area contributed by atoms with E-state index in [-0.39, 0.29) is 24.0 Å². The van der Waals surface area contributed by atoms with Crippen molar-refractivity contribution < 1.29 is 37.0 Å². The lowest BCUT2D eigenvalue weighted by molar-refractivity contribution is -0.192. The Hall–Kier alpha value is -2.54. The average Bonchev–Trinajstić information content (AvgIpc) is 3.02. The third-order valence-corrected chi connectivity index (χ3v) is 5.42. The van der Waals surface area contributed by atoms with Gasteiger partial charge >= 0.3 is 12.1 Å². The van der Waals surface area contributed by atoms with E-state index in [9.17, 15) is 22.4 Å². The number of carboxylic acids is 1. The third kappa shape index (κ3) is 5.79. The number of fused-ring (bicyclic) bond motifs is 2. The van der Waals surface area contributed by atoms with E-state index in [1.807, 2.05) is 9.80 Å². The summed E-state index contributed by atoms with van der Waals surface area (Å²) in [6, 6.07) is 0. The standard InChI is InChI=1S/C16H22FN5O2.C2HF3O2/c1-20-2-4-21(5-3-20)15(23)13-6-12-9-22(10-14(13)24-12)16-18-7-11(17)8-19-16;3-2(4,5)1(6)7/h7-8,12-14H,2-6,9-10H2,1H3;(H,6,7). The van der Waals surface area contributed by atoms with Crippen LogP contribution in [0.2, 0.25) is 0 Å². The van der Waals surface area contributed by atoms with Crippen LogP contribution in [-0.2, 0) is 14.3 Å². The minimum Gasteiger partial charge on any atom is -0.475 e. The maximum atomic E-state index is 13.0. The Morgan fingerprint density at radius 3 is 2.26 bits per heavy atom. The van der Waals surface area contributed by atoms with Crippen LogP contribution in [0.3, 0.4) is 0 Å². The fourth-order valence-electron chi connectivity index (χ4n) is 3.81. The molecule has 1 aromatic heterocycles. The summed E-state index contributed by atoms with van der Waals surface area (Å²) in [7, 11) is 2.08. The number of anilines is 1. The van der Waals surface area contributed by atoms with Gasteiger partial charge in [-0.3, -0.25) is 4.79 Å². The van der Waals surface area contributed by atoms with Crippen LogP contribution in [0.5, 0.6) is 0 Å². The highest BCUT2D eigenvalue weighted by atomic mass is 19.4. The molecule has 0 aliphatic carbocycles. The number of alkyl halides is 3. The van der Waals surface area contributed by atoms with Gasteiger partial charge in [0, 0.05) is 39.3 Å². The van der Waals surface area contributed by atoms with Crippen molar-refractivity contribution >= 4 is 17.8 Å². The first-order valence-corrected chi connectivity index (χ1v) is 9.70. The molecular formula is C18H23F4N5O4. The van der Waals surface area contributed by atoms with Gasteiger partial charge in [-0.2, -0.15) is 13.2 Å². The van der Waals surface area contributed by atoms with Crippen LogP contribution in [-0.4, -0.2) is 101 Å². The second-order valence-electron chi connectivity index (χ2n) is 7.68. The van der Waals surface area contributed by atoms with Crippen molar-refractivity contribution in [2.45, 2.75) is 24.8 Å². The zero-order valence-corrected chi connectivity index (χ0v) is 16.8. The quantitative estimate of drug-likeness (QED) is 0.657. The molecular weight excluding hydrogens is 426 g/mol. The summed E-state index contributed by atoms with van der Waals surface area (Å²) < 4.78 is 50.7. The van der Waals surface area contributed by atoms with E-state index in [1.165, 1.54) is 12.4 Å². The lowest BCUT2D eigenvalue weighted by Gasteiger charge is -2.36. The Morgan fingerprint density at radius 1 is 1.13 bits per heavy atom. The Labute approximate surface area is 175 Å². The highest BCUT2D eigenvalue weighted by molar-refractivity contribution is 5.80. The second kappa shape index (κ2) is 9.30. The highest BCUT2D eigenvalue weighted by Crippen LogP contribution is 2.34. The Bertz CT molecular complexity index is 786. The number of hydrogen-bond donors (Lipinski definition) is 1. The van der Waals surface area contributed by atoms with Crippen molar-refractivity contribution in [2.24, 2.45) is 5.92 Å². The predicted octanol–water partition coefficient (Wildman–Crippen LogP) is 0.617. The number of amides is 1. The minimum absolute atomic E-state index is 0.0128. The van der Waals surface area contributed by atoms with Crippen LogP contribution < -0.4 is 4.90 Å². The molecule has 3 aliphatic rings. The van der Waals surface area contributed by atoms with Gasteiger partial charge in [-0.15, -0.1) is 0 Å². The number of morpholine rings is 1. The molecule has 9 nitrogen and oxygen atoms in total. The van der Waals surface area contributed by atoms with E-state index < -0.39 is 18.0 Å². The Balaban J connectivity index is 0.000000339. The van der Waals surface area contributed by atoms with Gasteiger partial charge in [-0.05, 0) is 13.5 Å². The van der Waals surface area contributed by atoms with E-state index in [0.29, 0.717) is 19.0 Å². The van der Waals surface area contributed by atoms with Gasteiger partial charge in [0.15, 0.2) is 5.82 Å². The summed E-state index contributed by atoms with van der Waals surface area (Å²) >= 11 is 0. The van der Waals surface area contributed by atoms with Gasteiger partial charge in [-0.25, -0.2) is 19.2 Å². The van der Waals surface area contributed by atoms with E-state index >= 15 is 0 Å². The number of carbonyl (C=O) groups excluding carboxylic acids is 1. The number of halogens is 4. The molecule has 4 heterocycles. The Morgan fingerprint density at radius 2 is 1.71 bits per heavy atom. The molecule has 13 heteroatoms. The van der Waals surface area contributed by atoms with Crippen molar-refractivity contribution in [1.82, 2.24) is 19.8 Å². The predicted molar refractivity (Wildman–Crippen MR) is 98.7 cm³/mol. The van der Waals surface area contributed by atoms with E-state index in [1.54, 1.807) is 0 Å². The molecule has 1 N–H and O–H groups in total. The third-order valence-electron chi connectivity index (χ3n) is 5.42. The molecule has 2 bridgehead atoms. The van der Waals surface area contributed by atoms with Gasteiger partial charge in [0.1, 0.15) is 0 Å². The maximum Gasteiger partial charge on any atom is 0.490 e. The van der Waals surface area contributed by atoms with Crippen LogP contribution >= 0.6 is 0 Å². The minimum atomic E-state index is -5.08. The molecule has 31 heavy (non-hydrogen) atoms.